The van der Waals surface area contributed by atoms with Crippen LogP contribution in [0.4, 0.5) is 0 Å². The minimum Gasteiger partial charge on any atom is -0.381 e. The lowest BCUT2D eigenvalue weighted by Gasteiger charge is -2.44. The highest BCUT2D eigenvalue weighted by Crippen LogP contribution is 2.41. The van der Waals surface area contributed by atoms with Gasteiger partial charge in [0.15, 0.2) is 0 Å². The Morgan fingerprint density at radius 2 is 2.05 bits per heavy atom. The maximum atomic E-state index is 6.52. The molecule has 2 aliphatic heterocycles. The summed E-state index contributed by atoms with van der Waals surface area (Å²) in [5, 5.41) is 0. The number of hydrogen-bond acceptors (Lipinski definition) is 4. The van der Waals surface area contributed by atoms with Crippen molar-refractivity contribution in [3.8, 4) is 0 Å². The smallest absolute Gasteiger partial charge is 0.0729 e. The Bertz CT molecular complexity index is 501. The van der Waals surface area contributed by atoms with Gasteiger partial charge in [-0.25, -0.2) is 0 Å². The van der Waals surface area contributed by atoms with Crippen molar-refractivity contribution in [2.24, 2.45) is 11.7 Å². The van der Waals surface area contributed by atoms with Crippen LogP contribution in [0.1, 0.15) is 37.4 Å². The summed E-state index contributed by atoms with van der Waals surface area (Å²) >= 11 is 7.01. The zero-order valence-electron chi connectivity index (χ0n) is 11.9. The third kappa shape index (κ3) is 3.50. The molecule has 3 heterocycles. The Balaban J connectivity index is 1.76. The molecule has 21 heavy (non-hydrogen) atoms. The van der Waals surface area contributed by atoms with E-state index in [0.29, 0.717) is 5.92 Å². The van der Waals surface area contributed by atoms with Gasteiger partial charge < -0.3 is 15.2 Å². The van der Waals surface area contributed by atoms with Gasteiger partial charge in [0.1, 0.15) is 0 Å². The van der Waals surface area contributed by atoms with Crippen LogP contribution in [-0.4, -0.2) is 30.4 Å². The van der Waals surface area contributed by atoms with Crippen LogP contribution in [0.15, 0.2) is 21.2 Å². The summed E-state index contributed by atoms with van der Waals surface area (Å²) in [4.78, 5) is 4.50. The van der Waals surface area contributed by atoms with E-state index in [0.717, 1.165) is 60.1 Å². The Morgan fingerprint density at radius 3 is 2.76 bits per heavy atom. The van der Waals surface area contributed by atoms with Crippen LogP contribution in [0.5, 0.6) is 0 Å². The SMILES string of the molecule is NC(c1ncc(Br)cc1Br)C1CCOC2(CCOCC2)C1. The first kappa shape index (κ1) is 15.9. The highest BCUT2D eigenvalue weighted by atomic mass is 79.9. The topological polar surface area (TPSA) is 57.4 Å². The van der Waals surface area contributed by atoms with Crippen LogP contribution >= 0.6 is 31.9 Å². The molecule has 3 rings (SSSR count). The van der Waals surface area contributed by atoms with Crippen molar-refractivity contribution >= 4 is 31.9 Å². The Hall–Kier alpha value is -0.0100. The number of pyridine rings is 1. The minimum atomic E-state index is -0.0592. The highest BCUT2D eigenvalue weighted by Gasteiger charge is 2.41. The van der Waals surface area contributed by atoms with Gasteiger partial charge in [-0.2, -0.15) is 0 Å². The van der Waals surface area contributed by atoms with Gasteiger partial charge in [-0.1, -0.05) is 0 Å². The van der Waals surface area contributed by atoms with Gasteiger partial charge in [-0.05, 0) is 69.5 Å². The van der Waals surface area contributed by atoms with Gasteiger partial charge in [-0.15, -0.1) is 0 Å². The predicted octanol–water partition coefficient (Wildman–Crippen LogP) is 3.58. The molecule has 1 aromatic rings. The standard InChI is InChI=1S/C15H20Br2N2O2/c16-11-7-12(17)14(19-9-11)13(18)10-1-4-21-15(8-10)2-5-20-6-3-15/h7,9-10,13H,1-6,8,18H2. The van der Waals surface area contributed by atoms with Crippen LogP contribution in [0.3, 0.4) is 0 Å². The summed E-state index contributed by atoms with van der Waals surface area (Å²) in [5.74, 6) is 0.404. The third-order valence-electron chi connectivity index (χ3n) is 4.59. The first-order valence-electron chi connectivity index (χ1n) is 7.38. The zero-order chi connectivity index (χ0) is 14.9. The fourth-order valence-corrected chi connectivity index (χ4v) is 4.61. The third-order valence-corrected chi connectivity index (χ3v) is 5.66. The molecule has 0 amide bonds. The molecule has 4 nitrogen and oxygen atoms in total. The molecular weight excluding hydrogens is 400 g/mol. The molecule has 2 unspecified atom stereocenters. The van der Waals surface area contributed by atoms with Gasteiger partial charge in [-0.3, -0.25) is 4.98 Å². The summed E-state index contributed by atoms with van der Waals surface area (Å²) in [6, 6.07) is 1.95. The van der Waals surface area contributed by atoms with Crippen molar-refractivity contribution in [2.45, 2.75) is 37.3 Å². The van der Waals surface area contributed by atoms with E-state index in [9.17, 15) is 0 Å². The van der Waals surface area contributed by atoms with E-state index < -0.39 is 0 Å². The number of ether oxygens (including phenoxy) is 2. The summed E-state index contributed by atoms with van der Waals surface area (Å²) in [5.41, 5.74) is 7.43. The number of halogens is 2. The van der Waals surface area contributed by atoms with E-state index >= 15 is 0 Å². The number of hydrogen-bond donors (Lipinski definition) is 1. The van der Waals surface area contributed by atoms with Crippen LogP contribution in [0.25, 0.3) is 0 Å². The van der Waals surface area contributed by atoms with Gasteiger partial charge >= 0.3 is 0 Å². The van der Waals surface area contributed by atoms with Crippen molar-refractivity contribution < 1.29 is 9.47 Å². The van der Waals surface area contributed by atoms with Gasteiger partial charge in [0.25, 0.3) is 0 Å². The van der Waals surface area contributed by atoms with E-state index in [4.69, 9.17) is 15.2 Å². The molecular formula is C15H20Br2N2O2. The Morgan fingerprint density at radius 1 is 1.29 bits per heavy atom. The maximum Gasteiger partial charge on any atom is 0.0729 e. The molecule has 0 radical (unpaired) electrons. The summed E-state index contributed by atoms with van der Waals surface area (Å²) in [6.45, 7) is 2.37. The van der Waals surface area contributed by atoms with E-state index in [-0.39, 0.29) is 11.6 Å². The molecule has 6 heteroatoms. The van der Waals surface area contributed by atoms with Gasteiger partial charge in [0.2, 0.25) is 0 Å². The second-order valence-electron chi connectivity index (χ2n) is 5.94. The first-order valence-corrected chi connectivity index (χ1v) is 8.96. The average Bonchev–Trinajstić information content (AvgIpc) is 2.47. The van der Waals surface area contributed by atoms with E-state index in [1.807, 2.05) is 12.3 Å². The summed E-state index contributed by atoms with van der Waals surface area (Å²) in [7, 11) is 0. The first-order chi connectivity index (χ1) is 10.1. The van der Waals surface area contributed by atoms with Crippen molar-refractivity contribution in [3.63, 3.8) is 0 Å². The molecule has 2 atom stereocenters. The largest absolute Gasteiger partial charge is 0.381 e. The average molecular weight is 420 g/mol. The Labute approximate surface area is 142 Å². The van der Waals surface area contributed by atoms with E-state index in [2.05, 4.69) is 36.8 Å². The van der Waals surface area contributed by atoms with Crippen molar-refractivity contribution in [3.05, 3.63) is 26.9 Å². The highest BCUT2D eigenvalue weighted by molar-refractivity contribution is 9.11. The quantitative estimate of drug-likeness (QED) is 0.795. The van der Waals surface area contributed by atoms with Gasteiger partial charge in [0.05, 0.1) is 17.3 Å². The van der Waals surface area contributed by atoms with Crippen molar-refractivity contribution in [2.75, 3.05) is 19.8 Å². The molecule has 2 fully saturated rings. The monoisotopic (exact) mass is 418 g/mol. The van der Waals surface area contributed by atoms with E-state index in [1.165, 1.54) is 0 Å². The molecule has 116 valence electrons. The van der Waals surface area contributed by atoms with Crippen LogP contribution in [-0.2, 0) is 9.47 Å². The Kier molecular flexibility index (Phi) is 5.01. The fraction of sp³-hybridized carbons (Fsp3) is 0.667. The summed E-state index contributed by atoms with van der Waals surface area (Å²) in [6.07, 6.45) is 5.76. The lowest BCUT2D eigenvalue weighted by atomic mass is 9.77. The van der Waals surface area contributed by atoms with Crippen LogP contribution in [0.2, 0.25) is 0 Å². The lowest BCUT2D eigenvalue weighted by Crippen LogP contribution is -2.46. The lowest BCUT2D eigenvalue weighted by molar-refractivity contribution is -0.149. The van der Waals surface area contributed by atoms with Crippen LogP contribution in [0, 0.1) is 5.92 Å². The summed E-state index contributed by atoms with van der Waals surface area (Å²) < 4.78 is 13.5. The molecule has 0 saturated carbocycles. The number of nitrogens with two attached hydrogens (primary N) is 1. The molecule has 1 aromatic heterocycles. The number of aromatic nitrogens is 1. The minimum absolute atomic E-state index is 0.0272. The number of nitrogens with zero attached hydrogens (tertiary/aromatic N) is 1. The second kappa shape index (κ2) is 6.62. The van der Waals surface area contributed by atoms with Crippen LogP contribution < -0.4 is 5.73 Å². The maximum absolute atomic E-state index is 6.52. The predicted molar refractivity (Wildman–Crippen MR) is 88.0 cm³/mol. The molecule has 0 aromatic carbocycles. The molecule has 2 N–H and O–H groups in total. The second-order valence-corrected chi connectivity index (χ2v) is 7.71. The van der Waals surface area contributed by atoms with E-state index in [1.54, 1.807) is 0 Å². The van der Waals surface area contributed by atoms with Crippen molar-refractivity contribution in [1.29, 1.82) is 0 Å². The molecule has 2 saturated heterocycles. The molecule has 2 aliphatic rings. The molecule has 1 spiro atoms. The number of rotatable bonds is 2. The zero-order valence-corrected chi connectivity index (χ0v) is 15.0. The van der Waals surface area contributed by atoms with Gasteiger partial charge in [0, 0.05) is 35.0 Å². The normalized spacial score (nSPS) is 26.7. The fourth-order valence-electron chi connectivity index (χ4n) is 3.36. The molecule has 0 bridgehead atoms. The molecule has 0 aliphatic carbocycles. The van der Waals surface area contributed by atoms with Crippen molar-refractivity contribution in [1.82, 2.24) is 4.98 Å².